The fourth-order valence-electron chi connectivity index (χ4n) is 2.88. The third-order valence-electron chi connectivity index (χ3n) is 4.26. The molecule has 0 radical (unpaired) electrons. The largest absolute Gasteiger partial charge is 0.468 e. The van der Waals surface area contributed by atoms with Crippen molar-refractivity contribution in [3.05, 3.63) is 40.5 Å². The van der Waals surface area contributed by atoms with E-state index in [1.807, 2.05) is 13.8 Å². The van der Waals surface area contributed by atoms with Crippen molar-refractivity contribution in [2.75, 3.05) is 7.11 Å². The van der Waals surface area contributed by atoms with Crippen LogP contribution in [0.5, 0.6) is 0 Å². The number of ether oxygens (including phenoxy) is 1. The monoisotopic (exact) mass is 451 g/mol. The number of nitrogens with two attached hydrogens (primary N) is 1. The Morgan fingerprint density at radius 2 is 2.00 bits per heavy atom. The van der Waals surface area contributed by atoms with Gasteiger partial charge in [0.2, 0.25) is 10.0 Å². The molecule has 2 heterocycles. The van der Waals surface area contributed by atoms with Gasteiger partial charge < -0.3 is 9.30 Å². The molecule has 2 aromatic heterocycles. The molecule has 0 aliphatic carbocycles. The van der Waals surface area contributed by atoms with Gasteiger partial charge in [-0.2, -0.15) is 10.1 Å². The number of aromatic nitrogens is 3. The number of primary sulfonamides is 1. The Morgan fingerprint density at radius 1 is 1.30 bits per heavy atom. The SMILES string of the molecule is COC(=O)Cn1c(=NC(=O)c2cc(C)nn2C(C)C)sc2cc(S(N)(=O)=O)ccc21. The van der Waals surface area contributed by atoms with Gasteiger partial charge >= 0.3 is 5.97 Å². The van der Waals surface area contributed by atoms with E-state index in [9.17, 15) is 18.0 Å². The topological polar surface area (TPSA) is 139 Å². The maximum absolute atomic E-state index is 12.9. The first-order chi connectivity index (χ1) is 14.0. The number of thiazole rings is 1. The van der Waals surface area contributed by atoms with Gasteiger partial charge in [0, 0.05) is 6.04 Å². The van der Waals surface area contributed by atoms with Crippen molar-refractivity contribution in [3.63, 3.8) is 0 Å². The molecule has 0 atom stereocenters. The predicted octanol–water partition coefficient (Wildman–Crippen LogP) is 1.35. The number of hydrogen-bond acceptors (Lipinski definition) is 7. The van der Waals surface area contributed by atoms with Crippen LogP contribution in [0.3, 0.4) is 0 Å². The lowest BCUT2D eigenvalue weighted by atomic mass is 10.3. The highest BCUT2D eigenvalue weighted by molar-refractivity contribution is 7.89. The van der Waals surface area contributed by atoms with E-state index in [2.05, 4.69) is 10.1 Å². The summed E-state index contributed by atoms with van der Waals surface area (Å²) in [4.78, 5) is 29.1. The van der Waals surface area contributed by atoms with E-state index in [-0.39, 0.29) is 22.3 Å². The first kappa shape index (κ1) is 21.9. The van der Waals surface area contributed by atoms with E-state index in [1.165, 1.54) is 29.9 Å². The van der Waals surface area contributed by atoms with Gasteiger partial charge in [0.1, 0.15) is 12.2 Å². The molecule has 0 unspecified atom stereocenters. The lowest BCUT2D eigenvalue weighted by Gasteiger charge is -2.08. The quantitative estimate of drug-likeness (QED) is 0.581. The number of aryl methyl sites for hydroxylation is 1. The van der Waals surface area contributed by atoms with E-state index < -0.39 is 21.9 Å². The molecule has 2 N–H and O–H groups in total. The molecule has 0 bridgehead atoms. The van der Waals surface area contributed by atoms with Crippen LogP contribution in [-0.4, -0.2) is 41.8 Å². The summed E-state index contributed by atoms with van der Waals surface area (Å²) in [5.74, 6) is -1.07. The predicted molar refractivity (Wildman–Crippen MR) is 110 cm³/mol. The molecule has 0 saturated heterocycles. The van der Waals surface area contributed by atoms with E-state index in [0.717, 1.165) is 11.3 Å². The highest BCUT2D eigenvalue weighted by Gasteiger charge is 2.18. The summed E-state index contributed by atoms with van der Waals surface area (Å²) in [6.07, 6.45) is 0. The Hall–Kier alpha value is -2.83. The zero-order chi connectivity index (χ0) is 22.2. The molecule has 0 fully saturated rings. The van der Waals surface area contributed by atoms with Crippen LogP contribution in [0.2, 0.25) is 0 Å². The Labute approximate surface area is 176 Å². The van der Waals surface area contributed by atoms with Crippen LogP contribution in [0.1, 0.15) is 36.1 Å². The molecule has 12 heteroatoms. The number of carbonyl (C=O) groups excluding carboxylic acids is 2. The molecule has 1 aromatic carbocycles. The van der Waals surface area contributed by atoms with Gasteiger partial charge in [0.25, 0.3) is 5.91 Å². The second kappa shape index (κ2) is 8.13. The molecule has 160 valence electrons. The van der Waals surface area contributed by atoms with E-state index in [1.54, 1.807) is 17.7 Å². The van der Waals surface area contributed by atoms with Crippen LogP contribution < -0.4 is 9.94 Å². The number of nitrogens with zero attached hydrogens (tertiary/aromatic N) is 4. The highest BCUT2D eigenvalue weighted by Crippen LogP contribution is 2.22. The van der Waals surface area contributed by atoms with E-state index in [4.69, 9.17) is 9.88 Å². The van der Waals surface area contributed by atoms with Crippen molar-refractivity contribution in [1.29, 1.82) is 0 Å². The standard InChI is InChI=1S/C18H21N5O5S2/c1-10(2)23-14(7-11(3)21-23)17(25)20-18-22(9-16(24)28-4)13-6-5-12(30(19,26)27)8-15(13)29-18/h5-8,10H,9H2,1-4H3,(H2,19,26,27). The van der Waals surface area contributed by atoms with Crippen LogP contribution >= 0.6 is 11.3 Å². The molecule has 3 rings (SSSR count). The average molecular weight is 452 g/mol. The van der Waals surface area contributed by atoms with Gasteiger partial charge in [-0.1, -0.05) is 11.3 Å². The van der Waals surface area contributed by atoms with Gasteiger partial charge in [-0.25, -0.2) is 13.6 Å². The Bertz CT molecular complexity index is 1310. The van der Waals surface area contributed by atoms with Crippen molar-refractivity contribution >= 4 is 43.5 Å². The summed E-state index contributed by atoms with van der Waals surface area (Å²) < 4.78 is 31.7. The summed E-state index contributed by atoms with van der Waals surface area (Å²) in [6.45, 7) is 5.38. The number of benzene rings is 1. The van der Waals surface area contributed by atoms with Gasteiger partial charge in [0.05, 0.1) is 27.9 Å². The molecular weight excluding hydrogens is 430 g/mol. The lowest BCUT2D eigenvalue weighted by molar-refractivity contribution is -0.141. The molecule has 3 aromatic rings. The molecule has 10 nitrogen and oxygen atoms in total. The number of rotatable bonds is 5. The minimum Gasteiger partial charge on any atom is -0.468 e. The van der Waals surface area contributed by atoms with Crippen molar-refractivity contribution < 1.29 is 22.7 Å². The smallest absolute Gasteiger partial charge is 0.325 e. The van der Waals surface area contributed by atoms with Crippen molar-refractivity contribution in [2.45, 2.75) is 38.3 Å². The Morgan fingerprint density at radius 3 is 2.60 bits per heavy atom. The number of carbonyl (C=O) groups is 2. The minimum absolute atomic E-state index is 0.0465. The molecule has 0 saturated carbocycles. The molecule has 0 aliphatic rings. The molecule has 1 amide bonds. The van der Waals surface area contributed by atoms with E-state index in [0.29, 0.717) is 21.6 Å². The first-order valence-corrected chi connectivity index (χ1v) is 11.3. The highest BCUT2D eigenvalue weighted by atomic mass is 32.2. The fraction of sp³-hybridized carbons (Fsp3) is 0.333. The molecule has 30 heavy (non-hydrogen) atoms. The summed E-state index contributed by atoms with van der Waals surface area (Å²) in [7, 11) is -2.65. The zero-order valence-corrected chi connectivity index (χ0v) is 18.5. The molecule has 0 spiro atoms. The van der Waals surface area contributed by atoms with Crippen LogP contribution in [0.4, 0.5) is 0 Å². The van der Waals surface area contributed by atoms with Crippen LogP contribution in [0.15, 0.2) is 34.2 Å². The minimum atomic E-state index is -3.91. The first-order valence-electron chi connectivity index (χ1n) is 8.89. The zero-order valence-electron chi connectivity index (χ0n) is 16.8. The van der Waals surface area contributed by atoms with Gasteiger partial charge in [0.15, 0.2) is 4.80 Å². The summed E-state index contributed by atoms with van der Waals surface area (Å²) in [6, 6.07) is 5.83. The van der Waals surface area contributed by atoms with Crippen LogP contribution in [-0.2, 0) is 26.1 Å². The lowest BCUT2D eigenvalue weighted by Crippen LogP contribution is -2.23. The maximum atomic E-state index is 12.9. The fourth-order valence-corrected chi connectivity index (χ4v) is 4.56. The van der Waals surface area contributed by atoms with Crippen molar-refractivity contribution in [3.8, 4) is 0 Å². The maximum Gasteiger partial charge on any atom is 0.325 e. The summed E-state index contributed by atoms with van der Waals surface area (Å²) in [5.41, 5.74) is 1.52. The molecule has 0 aliphatic heterocycles. The second-order valence-corrected chi connectivity index (χ2v) is 9.42. The van der Waals surface area contributed by atoms with Gasteiger partial charge in [-0.15, -0.1) is 0 Å². The van der Waals surface area contributed by atoms with Gasteiger partial charge in [-0.05, 0) is 45.0 Å². The number of amides is 1. The van der Waals surface area contributed by atoms with Crippen molar-refractivity contribution in [2.24, 2.45) is 10.1 Å². The Kier molecular flexibility index (Phi) is 5.92. The van der Waals surface area contributed by atoms with E-state index >= 15 is 0 Å². The third kappa shape index (κ3) is 4.35. The van der Waals surface area contributed by atoms with Crippen molar-refractivity contribution in [1.82, 2.24) is 14.3 Å². The number of esters is 1. The van der Waals surface area contributed by atoms with Gasteiger partial charge in [-0.3, -0.25) is 14.3 Å². The number of hydrogen-bond donors (Lipinski definition) is 1. The number of sulfonamides is 1. The Balaban J connectivity index is 2.21. The number of fused-ring (bicyclic) bond motifs is 1. The normalized spacial score (nSPS) is 12.7. The molecular formula is C18H21N5O5S2. The second-order valence-electron chi connectivity index (χ2n) is 6.85. The summed E-state index contributed by atoms with van der Waals surface area (Å²) >= 11 is 1.07. The number of methoxy groups -OCH3 is 1. The summed E-state index contributed by atoms with van der Waals surface area (Å²) in [5, 5.41) is 9.52. The third-order valence-corrected chi connectivity index (χ3v) is 6.21. The average Bonchev–Trinajstić information content (AvgIpc) is 3.21. The van der Waals surface area contributed by atoms with Crippen LogP contribution in [0.25, 0.3) is 10.2 Å². The van der Waals surface area contributed by atoms with Crippen LogP contribution in [0, 0.1) is 6.92 Å².